The predicted octanol–water partition coefficient (Wildman–Crippen LogP) is 1.07. The summed E-state index contributed by atoms with van der Waals surface area (Å²) in [6.07, 6.45) is -0.382. The monoisotopic (exact) mass is 206 g/mol. The van der Waals surface area contributed by atoms with Crippen molar-refractivity contribution in [3.63, 3.8) is 0 Å². The molecule has 0 saturated carbocycles. The second-order valence-electron chi connectivity index (χ2n) is 3.66. The second kappa shape index (κ2) is 3.97. The average molecular weight is 206 g/mol. The molecule has 1 saturated heterocycles. The molecule has 1 heterocycles. The Morgan fingerprint density at radius 2 is 2.13 bits per heavy atom. The van der Waals surface area contributed by atoms with Gasteiger partial charge in [-0.2, -0.15) is 5.26 Å². The summed E-state index contributed by atoms with van der Waals surface area (Å²) in [5.74, 6) is -0.370. The van der Waals surface area contributed by atoms with Gasteiger partial charge >= 0.3 is 0 Å². The van der Waals surface area contributed by atoms with Crippen molar-refractivity contribution in [2.45, 2.75) is 12.1 Å². The van der Waals surface area contributed by atoms with Crippen LogP contribution in [0.2, 0.25) is 0 Å². The minimum absolute atomic E-state index is 0.370. The topological polar surface area (TPSA) is 47.3 Å². The summed E-state index contributed by atoms with van der Waals surface area (Å²) in [6.45, 7) is 0.874. The average Bonchev–Trinajstić information content (AvgIpc) is 2.19. The van der Waals surface area contributed by atoms with Gasteiger partial charge in [-0.3, -0.25) is 4.90 Å². The molecular weight excluding hydrogens is 195 g/mol. The molecule has 1 aromatic rings. The van der Waals surface area contributed by atoms with E-state index in [9.17, 15) is 4.39 Å². The summed E-state index contributed by atoms with van der Waals surface area (Å²) in [5, 5.41) is 18.1. The van der Waals surface area contributed by atoms with Crippen LogP contribution < -0.4 is 0 Å². The van der Waals surface area contributed by atoms with Crippen molar-refractivity contribution in [3.8, 4) is 6.07 Å². The fourth-order valence-electron chi connectivity index (χ4n) is 1.74. The Bertz CT molecular complexity index is 396. The van der Waals surface area contributed by atoms with Crippen LogP contribution in [0, 0.1) is 17.1 Å². The first-order valence-corrected chi connectivity index (χ1v) is 4.78. The van der Waals surface area contributed by atoms with E-state index in [2.05, 4.69) is 6.07 Å². The van der Waals surface area contributed by atoms with Crippen LogP contribution in [0.15, 0.2) is 24.3 Å². The fourth-order valence-corrected chi connectivity index (χ4v) is 1.74. The smallest absolute Gasteiger partial charge is 0.129 e. The zero-order valence-corrected chi connectivity index (χ0v) is 8.10. The summed E-state index contributed by atoms with van der Waals surface area (Å²) in [6, 6.07) is 7.72. The summed E-state index contributed by atoms with van der Waals surface area (Å²) in [7, 11) is 0. The molecule has 0 amide bonds. The normalized spacial score (nSPS) is 19.3. The van der Waals surface area contributed by atoms with Crippen LogP contribution >= 0.6 is 0 Å². The molecule has 78 valence electrons. The van der Waals surface area contributed by atoms with Crippen LogP contribution in [0.1, 0.15) is 11.6 Å². The molecule has 3 nitrogen and oxygen atoms in total. The van der Waals surface area contributed by atoms with E-state index in [1.54, 1.807) is 23.1 Å². The van der Waals surface area contributed by atoms with Crippen molar-refractivity contribution in [2.75, 3.05) is 13.1 Å². The molecule has 0 aromatic heterocycles. The molecular formula is C11H11FN2O. The van der Waals surface area contributed by atoms with Gasteiger partial charge in [-0.1, -0.05) is 18.2 Å². The van der Waals surface area contributed by atoms with Gasteiger partial charge in [-0.05, 0) is 6.07 Å². The highest BCUT2D eigenvalue weighted by Gasteiger charge is 2.32. The highest BCUT2D eigenvalue weighted by atomic mass is 19.1. The fraction of sp³-hybridized carbons (Fsp3) is 0.364. The summed E-state index contributed by atoms with van der Waals surface area (Å²) in [5.41, 5.74) is 0.381. The third-order valence-electron chi connectivity index (χ3n) is 2.58. The Hall–Kier alpha value is -1.44. The minimum atomic E-state index is -0.588. The molecule has 1 aliphatic heterocycles. The summed E-state index contributed by atoms with van der Waals surface area (Å²) < 4.78 is 13.4. The van der Waals surface area contributed by atoms with E-state index >= 15 is 0 Å². The zero-order chi connectivity index (χ0) is 10.8. The van der Waals surface area contributed by atoms with Crippen molar-refractivity contribution in [2.24, 2.45) is 0 Å². The van der Waals surface area contributed by atoms with Crippen LogP contribution in [0.5, 0.6) is 0 Å². The van der Waals surface area contributed by atoms with Crippen molar-refractivity contribution in [1.29, 1.82) is 5.26 Å². The standard InChI is InChI=1S/C11H11FN2O/c12-10-4-2-1-3-9(10)11(5-13)14-6-8(15)7-14/h1-4,8,11,15H,6-7H2. The lowest BCUT2D eigenvalue weighted by atomic mass is 10.0. The first kappa shape index (κ1) is 10.1. The van der Waals surface area contributed by atoms with Gasteiger partial charge in [-0.25, -0.2) is 4.39 Å². The van der Waals surface area contributed by atoms with Gasteiger partial charge in [0.05, 0.1) is 12.2 Å². The number of aliphatic hydroxyl groups excluding tert-OH is 1. The van der Waals surface area contributed by atoms with E-state index < -0.39 is 6.04 Å². The van der Waals surface area contributed by atoms with Crippen LogP contribution in [-0.4, -0.2) is 29.2 Å². The van der Waals surface area contributed by atoms with E-state index in [-0.39, 0.29) is 11.9 Å². The molecule has 0 bridgehead atoms. The maximum absolute atomic E-state index is 13.4. The van der Waals surface area contributed by atoms with Crippen LogP contribution in [0.3, 0.4) is 0 Å². The lowest BCUT2D eigenvalue weighted by Crippen LogP contribution is -2.51. The second-order valence-corrected chi connectivity index (χ2v) is 3.66. The molecule has 2 rings (SSSR count). The lowest BCUT2D eigenvalue weighted by Gasteiger charge is -2.39. The number of benzene rings is 1. The highest BCUT2D eigenvalue weighted by molar-refractivity contribution is 5.26. The van der Waals surface area contributed by atoms with Gasteiger partial charge < -0.3 is 5.11 Å². The van der Waals surface area contributed by atoms with Gasteiger partial charge in [0.1, 0.15) is 11.9 Å². The van der Waals surface area contributed by atoms with E-state index in [4.69, 9.17) is 10.4 Å². The number of hydrogen-bond donors (Lipinski definition) is 1. The molecule has 1 aromatic carbocycles. The molecule has 15 heavy (non-hydrogen) atoms. The van der Waals surface area contributed by atoms with E-state index in [0.29, 0.717) is 18.7 Å². The molecule has 0 aliphatic carbocycles. The number of β-amino-alcohol motifs (C(OH)–C–C–N with tert-alkyl or cyclic N) is 1. The van der Waals surface area contributed by atoms with E-state index in [1.165, 1.54) is 6.07 Å². The number of hydrogen-bond acceptors (Lipinski definition) is 3. The first-order valence-electron chi connectivity index (χ1n) is 4.78. The number of nitrogens with zero attached hydrogens (tertiary/aromatic N) is 2. The molecule has 0 spiro atoms. The number of rotatable bonds is 2. The van der Waals surface area contributed by atoms with Gasteiger partial charge in [0.2, 0.25) is 0 Å². The largest absolute Gasteiger partial charge is 0.390 e. The summed E-state index contributed by atoms with van der Waals surface area (Å²) in [4.78, 5) is 1.75. The van der Waals surface area contributed by atoms with Crippen molar-refractivity contribution >= 4 is 0 Å². The van der Waals surface area contributed by atoms with Gasteiger partial charge in [-0.15, -0.1) is 0 Å². The number of nitriles is 1. The SMILES string of the molecule is N#CC(c1ccccc1F)N1CC(O)C1. The van der Waals surface area contributed by atoms with Gasteiger partial charge in [0.15, 0.2) is 0 Å². The molecule has 1 aliphatic rings. The maximum atomic E-state index is 13.4. The Balaban J connectivity index is 2.21. The first-order chi connectivity index (χ1) is 7.22. The predicted molar refractivity (Wildman–Crippen MR) is 52.3 cm³/mol. The van der Waals surface area contributed by atoms with Gasteiger partial charge in [0, 0.05) is 18.7 Å². The van der Waals surface area contributed by atoms with E-state index in [0.717, 1.165) is 0 Å². The zero-order valence-electron chi connectivity index (χ0n) is 8.10. The number of aliphatic hydroxyl groups is 1. The molecule has 0 radical (unpaired) electrons. The minimum Gasteiger partial charge on any atom is -0.390 e. The van der Waals surface area contributed by atoms with Gasteiger partial charge in [0.25, 0.3) is 0 Å². The van der Waals surface area contributed by atoms with E-state index in [1.807, 2.05) is 0 Å². The Labute approximate surface area is 87.4 Å². The Morgan fingerprint density at radius 3 is 2.67 bits per heavy atom. The van der Waals surface area contributed by atoms with Crippen molar-refractivity contribution < 1.29 is 9.50 Å². The van der Waals surface area contributed by atoms with Crippen LogP contribution in [-0.2, 0) is 0 Å². The third kappa shape index (κ3) is 1.84. The van der Waals surface area contributed by atoms with Crippen molar-refractivity contribution in [3.05, 3.63) is 35.6 Å². The summed E-state index contributed by atoms with van der Waals surface area (Å²) >= 11 is 0. The van der Waals surface area contributed by atoms with Crippen molar-refractivity contribution in [1.82, 2.24) is 4.90 Å². The van der Waals surface area contributed by atoms with Crippen LogP contribution in [0.25, 0.3) is 0 Å². The molecule has 4 heteroatoms. The molecule has 1 atom stereocenters. The number of halogens is 1. The third-order valence-corrected chi connectivity index (χ3v) is 2.58. The molecule has 1 N–H and O–H groups in total. The Morgan fingerprint density at radius 1 is 1.47 bits per heavy atom. The maximum Gasteiger partial charge on any atom is 0.129 e. The molecule has 1 unspecified atom stereocenters. The van der Waals surface area contributed by atoms with Crippen LogP contribution in [0.4, 0.5) is 4.39 Å². The molecule has 1 fully saturated rings. The highest BCUT2D eigenvalue weighted by Crippen LogP contribution is 2.26. The lowest BCUT2D eigenvalue weighted by molar-refractivity contribution is -0.0133. The quantitative estimate of drug-likeness (QED) is 0.787. The number of likely N-dealkylation sites (tertiary alicyclic amines) is 1. The Kier molecular flexibility index (Phi) is 2.67.